The Kier molecular flexibility index (Phi) is 6.18. The molecule has 1 aromatic carbocycles. The van der Waals surface area contributed by atoms with Gasteiger partial charge in [0.05, 0.1) is 24.4 Å². The van der Waals surface area contributed by atoms with E-state index in [-0.39, 0.29) is 11.7 Å². The molecule has 0 radical (unpaired) electrons. The lowest BCUT2D eigenvalue weighted by Crippen LogP contribution is -2.49. The monoisotopic (exact) mass is 293 g/mol. The van der Waals surface area contributed by atoms with Crippen LogP contribution in [0.25, 0.3) is 0 Å². The molecule has 0 bridgehead atoms. The van der Waals surface area contributed by atoms with Crippen LogP contribution in [0.4, 0.5) is 0 Å². The van der Waals surface area contributed by atoms with E-state index in [1.807, 2.05) is 37.3 Å². The third-order valence-corrected chi connectivity index (χ3v) is 4.33. The molecule has 1 saturated carbocycles. The predicted molar refractivity (Wildman–Crippen MR) is 83.3 cm³/mol. The topological polar surface area (TPSA) is 50.7 Å². The summed E-state index contributed by atoms with van der Waals surface area (Å²) in [5.41, 5.74) is 1.13. The van der Waals surface area contributed by atoms with Gasteiger partial charge in [0.2, 0.25) is 0 Å². The van der Waals surface area contributed by atoms with Gasteiger partial charge in [0.1, 0.15) is 0 Å². The highest BCUT2D eigenvalue weighted by Gasteiger charge is 2.36. The number of benzene rings is 1. The van der Waals surface area contributed by atoms with Crippen LogP contribution in [0.15, 0.2) is 30.3 Å². The summed E-state index contributed by atoms with van der Waals surface area (Å²) < 4.78 is 11.3. The summed E-state index contributed by atoms with van der Waals surface area (Å²) in [7, 11) is 1.77. The first kappa shape index (κ1) is 16.4. The second-order valence-electron chi connectivity index (χ2n) is 5.91. The average molecular weight is 293 g/mol. The van der Waals surface area contributed by atoms with Crippen LogP contribution in [-0.4, -0.2) is 43.6 Å². The van der Waals surface area contributed by atoms with E-state index in [1.54, 1.807) is 7.11 Å². The number of ether oxygens (including phenoxy) is 2. The van der Waals surface area contributed by atoms with E-state index >= 15 is 0 Å². The summed E-state index contributed by atoms with van der Waals surface area (Å²) in [6.45, 7) is 3.67. The molecule has 0 saturated heterocycles. The van der Waals surface area contributed by atoms with Crippen LogP contribution in [0.3, 0.4) is 0 Å². The highest BCUT2D eigenvalue weighted by Crippen LogP contribution is 2.34. The van der Waals surface area contributed by atoms with Crippen molar-refractivity contribution in [2.45, 2.75) is 44.0 Å². The van der Waals surface area contributed by atoms with E-state index in [9.17, 15) is 5.11 Å². The average Bonchev–Trinajstić information content (AvgIpc) is 2.48. The Bertz CT molecular complexity index is 400. The van der Waals surface area contributed by atoms with Crippen LogP contribution >= 0.6 is 0 Å². The molecule has 0 heterocycles. The SMILES string of the molecule is COC1(CNCC(O)COC(C)c2ccccc2)CCC1. The summed E-state index contributed by atoms with van der Waals surface area (Å²) in [6, 6.07) is 10.1. The van der Waals surface area contributed by atoms with Gasteiger partial charge in [0, 0.05) is 20.2 Å². The van der Waals surface area contributed by atoms with Crippen LogP contribution in [-0.2, 0) is 9.47 Å². The van der Waals surface area contributed by atoms with E-state index in [1.165, 1.54) is 6.42 Å². The Balaban J connectivity index is 1.62. The Hall–Kier alpha value is -0.940. The predicted octanol–water partition coefficient (Wildman–Crippen LogP) is 2.28. The van der Waals surface area contributed by atoms with Gasteiger partial charge in [0.25, 0.3) is 0 Å². The normalized spacial score (nSPS) is 19.8. The van der Waals surface area contributed by atoms with Crippen LogP contribution in [0.1, 0.15) is 37.9 Å². The molecule has 4 nitrogen and oxygen atoms in total. The Morgan fingerprint density at radius 1 is 1.29 bits per heavy atom. The first-order valence-corrected chi connectivity index (χ1v) is 7.76. The van der Waals surface area contributed by atoms with Gasteiger partial charge in [-0.3, -0.25) is 0 Å². The number of nitrogens with one attached hydrogen (secondary N) is 1. The molecule has 0 amide bonds. The zero-order chi connectivity index (χ0) is 15.1. The maximum absolute atomic E-state index is 9.98. The van der Waals surface area contributed by atoms with E-state index < -0.39 is 6.10 Å². The summed E-state index contributed by atoms with van der Waals surface area (Å²) in [5.74, 6) is 0. The van der Waals surface area contributed by atoms with Gasteiger partial charge in [-0.15, -0.1) is 0 Å². The fourth-order valence-corrected chi connectivity index (χ4v) is 2.63. The quantitative estimate of drug-likeness (QED) is 0.733. The lowest BCUT2D eigenvalue weighted by molar-refractivity contribution is -0.0718. The fraction of sp³-hybridized carbons (Fsp3) is 0.647. The van der Waals surface area contributed by atoms with Crippen molar-refractivity contribution in [3.8, 4) is 0 Å². The van der Waals surface area contributed by atoms with E-state index in [0.29, 0.717) is 13.2 Å². The molecule has 4 heteroatoms. The van der Waals surface area contributed by atoms with E-state index in [2.05, 4.69) is 5.32 Å². The number of hydrogen-bond acceptors (Lipinski definition) is 4. The van der Waals surface area contributed by atoms with Gasteiger partial charge in [-0.1, -0.05) is 30.3 Å². The van der Waals surface area contributed by atoms with Gasteiger partial charge < -0.3 is 19.9 Å². The van der Waals surface area contributed by atoms with E-state index in [0.717, 1.165) is 24.9 Å². The van der Waals surface area contributed by atoms with Crippen molar-refractivity contribution in [2.75, 3.05) is 26.8 Å². The second kappa shape index (κ2) is 7.90. The van der Waals surface area contributed by atoms with Crippen LogP contribution < -0.4 is 5.32 Å². The van der Waals surface area contributed by atoms with Crippen molar-refractivity contribution in [1.29, 1.82) is 0 Å². The summed E-state index contributed by atoms with van der Waals surface area (Å²) in [6.07, 6.45) is 2.95. The molecule has 21 heavy (non-hydrogen) atoms. The smallest absolute Gasteiger partial charge is 0.0898 e. The van der Waals surface area contributed by atoms with Gasteiger partial charge in [-0.25, -0.2) is 0 Å². The first-order valence-electron chi connectivity index (χ1n) is 7.76. The standard InChI is InChI=1S/C17H27NO3/c1-14(15-7-4-3-5-8-15)21-12-16(19)11-18-13-17(20-2)9-6-10-17/h3-5,7-8,14,16,18-19H,6,9-13H2,1-2H3. The minimum atomic E-state index is -0.495. The number of rotatable bonds is 9. The molecular weight excluding hydrogens is 266 g/mol. The maximum atomic E-state index is 9.98. The molecule has 0 aliphatic heterocycles. The minimum Gasteiger partial charge on any atom is -0.389 e. The van der Waals surface area contributed by atoms with Crippen molar-refractivity contribution in [3.05, 3.63) is 35.9 Å². The lowest BCUT2D eigenvalue weighted by Gasteiger charge is -2.40. The van der Waals surface area contributed by atoms with E-state index in [4.69, 9.17) is 9.47 Å². The molecule has 2 unspecified atom stereocenters. The highest BCUT2D eigenvalue weighted by molar-refractivity contribution is 5.16. The van der Waals surface area contributed by atoms with Crippen LogP contribution in [0.2, 0.25) is 0 Å². The van der Waals surface area contributed by atoms with Gasteiger partial charge in [-0.05, 0) is 31.7 Å². The summed E-state index contributed by atoms with van der Waals surface area (Å²) in [4.78, 5) is 0. The number of aliphatic hydroxyl groups excluding tert-OH is 1. The Labute approximate surface area is 127 Å². The molecule has 1 aliphatic carbocycles. The lowest BCUT2D eigenvalue weighted by atomic mass is 9.80. The molecule has 118 valence electrons. The highest BCUT2D eigenvalue weighted by atomic mass is 16.5. The molecule has 1 aliphatic rings. The van der Waals surface area contributed by atoms with Crippen molar-refractivity contribution in [1.82, 2.24) is 5.32 Å². The zero-order valence-electron chi connectivity index (χ0n) is 13.0. The van der Waals surface area contributed by atoms with Gasteiger partial charge in [-0.2, -0.15) is 0 Å². The molecule has 0 aromatic heterocycles. The summed E-state index contributed by atoms with van der Waals surface area (Å²) in [5, 5.41) is 13.3. The molecule has 2 rings (SSSR count). The zero-order valence-corrected chi connectivity index (χ0v) is 13.0. The Morgan fingerprint density at radius 3 is 2.57 bits per heavy atom. The van der Waals surface area contributed by atoms with Gasteiger partial charge >= 0.3 is 0 Å². The van der Waals surface area contributed by atoms with Crippen LogP contribution in [0, 0.1) is 0 Å². The van der Waals surface area contributed by atoms with Crippen molar-refractivity contribution in [2.24, 2.45) is 0 Å². The maximum Gasteiger partial charge on any atom is 0.0898 e. The Morgan fingerprint density at radius 2 is 2.00 bits per heavy atom. The molecular formula is C17H27NO3. The van der Waals surface area contributed by atoms with Crippen molar-refractivity contribution < 1.29 is 14.6 Å². The molecule has 1 aromatic rings. The third kappa shape index (κ3) is 4.78. The van der Waals surface area contributed by atoms with Crippen molar-refractivity contribution >= 4 is 0 Å². The molecule has 1 fully saturated rings. The minimum absolute atomic E-state index is 0.00204. The van der Waals surface area contributed by atoms with Crippen LogP contribution in [0.5, 0.6) is 0 Å². The second-order valence-corrected chi connectivity index (χ2v) is 5.91. The number of aliphatic hydroxyl groups is 1. The largest absolute Gasteiger partial charge is 0.389 e. The number of hydrogen-bond donors (Lipinski definition) is 2. The number of methoxy groups -OCH3 is 1. The van der Waals surface area contributed by atoms with Crippen molar-refractivity contribution in [3.63, 3.8) is 0 Å². The fourth-order valence-electron chi connectivity index (χ4n) is 2.63. The third-order valence-electron chi connectivity index (χ3n) is 4.33. The van der Waals surface area contributed by atoms with Gasteiger partial charge in [0.15, 0.2) is 0 Å². The molecule has 0 spiro atoms. The molecule has 2 atom stereocenters. The summed E-state index contributed by atoms with van der Waals surface area (Å²) >= 11 is 0. The first-order chi connectivity index (χ1) is 10.2. The molecule has 2 N–H and O–H groups in total.